The second-order valence-corrected chi connectivity index (χ2v) is 9.81. The summed E-state index contributed by atoms with van der Waals surface area (Å²) in [5, 5.41) is 3.90. The average Bonchev–Trinajstić information content (AvgIpc) is 3.28. The number of nitrogens with zero attached hydrogens (tertiary/aromatic N) is 2. The molecular formula is C25H26BrFN4O3. The largest absolute Gasteiger partial charge is 0.492 e. The number of likely N-dealkylation sites (N-methyl/N-ethyl adjacent to an activating group) is 1. The lowest BCUT2D eigenvalue weighted by atomic mass is 9.95. The van der Waals surface area contributed by atoms with Crippen molar-refractivity contribution < 1.29 is 18.7 Å². The maximum absolute atomic E-state index is 13.4. The fourth-order valence-electron chi connectivity index (χ4n) is 4.75. The third-order valence-corrected chi connectivity index (χ3v) is 7.43. The number of benzene rings is 2. The molecule has 0 saturated carbocycles. The summed E-state index contributed by atoms with van der Waals surface area (Å²) in [6.45, 7) is 2.56. The Labute approximate surface area is 205 Å². The third kappa shape index (κ3) is 4.42. The Morgan fingerprint density at radius 2 is 2.12 bits per heavy atom. The Balaban J connectivity index is 1.22. The van der Waals surface area contributed by atoms with Crippen LogP contribution in [0.3, 0.4) is 0 Å². The molecule has 0 radical (unpaired) electrons. The molecule has 34 heavy (non-hydrogen) atoms. The molecule has 1 saturated heterocycles. The summed E-state index contributed by atoms with van der Waals surface area (Å²) < 4.78 is 20.0. The molecule has 2 atom stereocenters. The number of fused-ring (bicyclic) bond motifs is 2. The highest BCUT2D eigenvalue weighted by Gasteiger charge is 2.34. The van der Waals surface area contributed by atoms with Crippen LogP contribution >= 0.6 is 15.9 Å². The fraction of sp³-hybridized carbons (Fsp3) is 0.360. The molecule has 7 nitrogen and oxygen atoms in total. The lowest BCUT2D eigenvalue weighted by Gasteiger charge is -2.41. The number of piperazine rings is 1. The number of rotatable bonds is 4. The average molecular weight is 529 g/mol. The van der Waals surface area contributed by atoms with E-state index in [0.717, 1.165) is 27.5 Å². The molecule has 1 fully saturated rings. The smallest absolute Gasteiger partial charge is 0.253 e. The summed E-state index contributed by atoms with van der Waals surface area (Å²) in [6, 6.07) is 10.2. The van der Waals surface area contributed by atoms with E-state index in [1.807, 2.05) is 30.1 Å². The first-order chi connectivity index (χ1) is 16.4. The number of aromatic amines is 1. The molecule has 3 heterocycles. The molecule has 0 aliphatic carbocycles. The molecule has 0 bridgehead atoms. The second kappa shape index (κ2) is 9.38. The van der Waals surface area contributed by atoms with Crippen LogP contribution in [0.2, 0.25) is 0 Å². The van der Waals surface area contributed by atoms with E-state index in [4.69, 9.17) is 4.74 Å². The number of ether oxygens (including phenoxy) is 1. The first-order valence-corrected chi connectivity index (χ1v) is 12.1. The maximum Gasteiger partial charge on any atom is 0.253 e. The maximum atomic E-state index is 13.4. The van der Waals surface area contributed by atoms with Crippen molar-refractivity contribution in [2.45, 2.75) is 12.5 Å². The van der Waals surface area contributed by atoms with Crippen LogP contribution in [0, 0.1) is 11.7 Å². The topological polar surface area (TPSA) is 77.7 Å². The molecule has 2 aromatic carbocycles. The summed E-state index contributed by atoms with van der Waals surface area (Å²) in [6.07, 6.45) is 2.26. The Morgan fingerprint density at radius 3 is 2.97 bits per heavy atom. The Hall–Kier alpha value is -2.91. The van der Waals surface area contributed by atoms with Crippen LogP contribution in [-0.2, 0) is 11.2 Å². The van der Waals surface area contributed by atoms with Gasteiger partial charge in [0.15, 0.2) is 0 Å². The minimum absolute atomic E-state index is 0.00110. The molecule has 1 aromatic heterocycles. The van der Waals surface area contributed by atoms with E-state index in [1.54, 1.807) is 12.3 Å². The van der Waals surface area contributed by atoms with Crippen LogP contribution in [0.5, 0.6) is 5.75 Å². The number of nitrogens with one attached hydrogen (secondary N) is 2. The van der Waals surface area contributed by atoms with E-state index >= 15 is 0 Å². The van der Waals surface area contributed by atoms with Gasteiger partial charge in [0.05, 0.1) is 11.5 Å². The predicted octanol–water partition coefficient (Wildman–Crippen LogP) is 3.19. The molecule has 2 aliphatic heterocycles. The number of halogens is 2. The standard InChI is InChI=1S/C25H26BrFN4O3/c1-30-7-8-31(25(33)16-9-15-5-6-17(27)10-22(15)34-14-16)13-18(30)11-29-24(32)19-12-28-21-4-2-3-20(26)23(19)21/h2-6,10,12,16,18,28H,7-9,11,13-14H2,1H3,(H,29,32). The minimum atomic E-state index is -0.340. The van der Waals surface area contributed by atoms with Gasteiger partial charge in [-0.15, -0.1) is 0 Å². The summed E-state index contributed by atoms with van der Waals surface area (Å²) in [5.41, 5.74) is 2.34. The number of aromatic nitrogens is 1. The van der Waals surface area contributed by atoms with Gasteiger partial charge in [0.25, 0.3) is 5.91 Å². The molecule has 178 valence electrons. The van der Waals surface area contributed by atoms with Crippen molar-refractivity contribution in [1.82, 2.24) is 20.1 Å². The molecule has 5 rings (SSSR count). The van der Waals surface area contributed by atoms with Gasteiger partial charge in [-0.05, 0) is 37.2 Å². The van der Waals surface area contributed by atoms with Crippen molar-refractivity contribution in [2.24, 2.45) is 5.92 Å². The lowest BCUT2D eigenvalue weighted by Crippen LogP contribution is -2.58. The zero-order chi connectivity index (χ0) is 23.8. The van der Waals surface area contributed by atoms with Crippen LogP contribution in [0.25, 0.3) is 10.9 Å². The molecule has 2 unspecified atom stereocenters. The second-order valence-electron chi connectivity index (χ2n) is 8.96. The van der Waals surface area contributed by atoms with Crippen LogP contribution in [0.1, 0.15) is 15.9 Å². The van der Waals surface area contributed by atoms with Gasteiger partial charge in [-0.25, -0.2) is 4.39 Å². The Morgan fingerprint density at radius 1 is 1.26 bits per heavy atom. The van der Waals surface area contributed by atoms with E-state index in [0.29, 0.717) is 37.4 Å². The number of amides is 2. The van der Waals surface area contributed by atoms with E-state index < -0.39 is 0 Å². The van der Waals surface area contributed by atoms with E-state index in [1.165, 1.54) is 12.1 Å². The highest BCUT2D eigenvalue weighted by atomic mass is 79.9. The minimum Gasteiger partial charge on any atom is -0.492 e. The van der Waals surface area contributed by atoms with E-state index in [-0.39, 0.29) is 36.2 Å². The Kier molecular flexibility index (Phi) is 6.31. The van der Waals surface area contributed by atoms with Gasteiger partial charge in [0, 0.05) is 59.9 Å². The van der Waals surface area contributed by atoms with Crippen molar-refractivity contribution in [3.63, 3.8) is 0 Å². The first-order valence-electron chi connectivity index (χ1n) is 11.3. The van der Waals surface area contributed by atoms with Gasteiger partial charge in [0.1, 0.15) is 18.2 Å². The number of carbonyl (C=O) groups excluding carboxylic acids is 2. The van der Waals surface area contributed by atoms with Crippen LogP contribution in [0.15, 0.2) is 47.1 Å². The van der Waals surface area contributed by atoms with Crippen LogP contribution in [-0.4, -0.2) is 72.5 Å². The normalized spacial score (nSPS) is 20.6. The highest BCUT2D eigenvalue weighted by Crippen LogP contribution is 2.30. The quantitative estimate of drug-likeness (QED) is 0.545. The molecule has 2 amide bonds. The Bertz CT molecular complexity index is 1250. The zero-order valence-electron chi connectivity index (χ0n) is 18.8. The molecular weight excluding hydrogens is 503 g/mol. The van der Waals surface area contributed by atoms with Crippen molar-refractivity contribution >= 4 is 38.6 Å². The summed E-state index contributed by atoms with van der Waals surface area (Å²) in [7, 11) is 2.01. The van der Waals surface area contributed by atoms with Gasteiger partial charge >= 0.3 is 0 Å². The van der Waals surface area contributed by atoms with Crippen molar-refractivity contribution in [3.8, 4) is 5.75 Å². The zero-order valence-corrected chi connectivity index (χ0v) is 20.4. The summed E-state index contributed by atoms with van der Waals surface area (Å²) in [5.74, 6) is -0.223. The summed E-state index contributed by atoms with van der Waals surface area (Å²) in [4.78, 5) is 33.4. The number of carbonyl (C=O) groups is 2. The first kappa shape index (κ1) is 22.9. The highest BCUT2D eigenvalue weighted by molar-refractivity contribution is 9.10. The number of hydrogen-bond donors (Lipinski definition) is 2. The van der Waals surface area contributed by atoms with Gasteiger partial charge in [0.2, 0.25) is 5.91 Å². The van der Waals surface area contributed by atoms with Crippen molar-refractivity contribution in [3.05, 3.63) is 64.0 Å². The lowest BCUT2D eigenvalue weighted by molar-refractivity contribution is -0.139. The molecule has 2 N–H and O–H groups in total. The predicted molar refractivity (Wildman–Crippen MR) is 130 cm³/mol. The third-order valence-electron chi connectivity index (χ3n) is 6.77. The van der Waals surface area contributed by atoms with Gasteiger partial charge < -0.3 is 19.9 Å². The monoisotopic (exact) mass is 528 g/mol. The molecule has 0 spiro atoms. The molecule has 9 heteroatoms. The molecule has 2 aliphatic rings. The van der Waals surface area contributed by atoms with E-state index in [9.17, 15) is 14.0 Å². The summed E-state index contributed by atoms with van der Waals surface area (Å²) >= 11 is 3.53. The van der Waals surface area contributed by atoms with Crippen molar-refractivity contribution in [1.29, 1.82) is 0 Å². The SMILES string of the molecule is CN1CCN(C(=O)C2COc3cc(F)ccc3C2)CC1CNC(=O)c1c[nH]c2cccc(Br)c12. The van der Waals surface area contributed by atoms with Crippen molar-refractivity contribution in [2.75, 3.05) is 39.8 Å². The van der Waals surface area contributed by atoms with Gasteiger partial charge in [-0.2, -0.15) is 0 Å². The van der Waals surface area contributed by atoms with E-state index in [2.05, 4.69) is 31.1 Å². The van der Waals surface area contributed by atoms with Crippen LogP contribution in [0.4, 0.5) is 4.39 Å². The molecule has 3 aromatic rings. The van der Waals surface area contributed by atoms with Crippen LogP contribution < -0.4 is 10.1 Å². The number of hydrogen-bond acceptors (Lipinski definition) is 4. The van der Waals surface area contributed by atoms with Gasteiger partial charge in [-0.1, -0.05) is 28.1 Å². The number of H-pyrrole nitrogens is 1. The van der Waals surface area contributed by atoms with Gasteiger partial charge in [-0.3, -0.25) is 14.5 Å². The fourth-order valence-corrected chi connectivity index (χ4v) is 5.33.